The average molecular weight is 391 g/mol. The molecule has 2 atom stereocenters. The Morgan fingerprint density at radius 3 is 2.39 bits per heavy atom. The lowest BCUT2D eigenvalue weighted by Gasteiger charge is -2.21. The third kappa shape index (κ3) is 6.38. The molecule has 0 aromatic carbocycles. The second-order valence-corrected chi connectivity index (χ2v) is 7.18. The van der Waals surface area contributed by atoms with Crippen molar-refractivity contribution in [1.29, 1.82) is 0 Å². The summed E-state index contributed by atoms with van der Waals surface area (Å²) in [5, 5.41) is 7.43. The standard InChI is InChI=1S/C18H25N5O5/c1-11(2)6-12(16(26)18(3)10-28-18)23-15(25)9-21-14(24)8-22-17(27)13-7-19-4-5-20-13/h4-5,7,11-12H,6,8-10H2,1-3H3,(H,21,24)(H,22,27)(H,23,25)/t12-,18+/m0/s1. The summed E-state index contributed by atoms with van der Waals surface area (Å²) in [5.41, 5.74) is -0.750. The third-order valence-electron chi connectivity index (χ3n) is 4.11. The molecule has 0 unspecified atom stereocenters. The lowest BCUT2D eigenvalue weighted by Crippen LogP contribution is -2.50. The first-order valence-electron chi connectivity index (χ1n) is 9.00. The van der Waals surface area contributed by atoms with Gasteiger partial charge in [0.1, 0.15) is 11.3 Å². The van der Waals surface area contributed by atoms with Crippen molar-refractivity contribution in [3.8, 4) is 0 Å². The topological polar surface area (TPSA) is 143 Å². The van der Waals surface area contributed by atoms with E-state index in [1.165, 1.54) is 18.6 Å². The Labute approximate surface area is 162 Å². The summed E-state index contributed by atoms with van der Waals surface area (Å²) in [5.74, 6) is -1.55. The molecule has 3 amide bonds. The molecule has 2 rings (SSSR count). The van der Waals surface area contributed by atoms with Crippen LogP contribution in [0.2, 0.25) is 0 Å². The summed E-state index contributed by atoms with van der Waals surface area (Å²) in [6.07, 6.45) is 4.54. The summed E-state index contributed by atoms with van der Waals surface area (Å²) in [4.78, 5) is 55.8. The van der Waals surface area contributed by atoms with E-state index in [4.69, 9.17) is 4.74 Å². The van der Waals surface area contributed by atoms with E-state index < -0.39 is 29.4 Å². The highest BCUT2D eigenvalue weighted by Gasteiger charge is 2.50. The van der Waals surface area contributed by atoms with Gasteiger partial charge >= 0.3 is 0 Å². The van der Waals surface area contributed by atoms with Crippen molar-refractivity contribution in [2.75, 3.05) is 19.7 Å². The van der Waals surface area contributed by atoms with E-state index in [1.807, 2.05) is 13.8 Å². The number of rotatable bonds is 10. The maximum absolute atomic E-state index is 12.5. The Bertz CT molecular complexity index is 733. The summed E-state index contributed by atoms with van der Waals surface area (Å²) in [6, 6.07) is -0.673. The quantitative estimate of drug-likeness (QED) is 0.444. The van der Waals surface area contributed by atoms with Crippen LogP contribution in [0.5, 0.6) is 0 Å². The van der Waals surface area contributed by atoms with Crippen LogP contribution in [-0.2, 0) is 19.1 Å². The molecule has 10 nitrogen and oxygen atoms in total. The molecule has 0 radical (unpaired) electrons. The number of Topliss-reactive ketones (excluding diaryl/α,β-unsaturated/α-hetero) is 1. The zero-order valence-electron chi connectivity index (χ0n) is 16.2. The average Bonchev–Trinajstić information content (AvgIpc) is 3.42. The van der Waals surface area contributed by atoms with Crippen LogP contribution in [0.3, 0.4) is 0 Å². The van der Waals surface area contributed by atoms with Gasteiger partial charge in [-0.1, -0.05) is 13.8 Å². The van der Waals surface area contributed by atoms with E-state index in [9.17, 15) is 19.2 Å². The predicted octanol–water partition coefficient (Wildman–Crippen LogP) is -0.788. The van der Waals surface area contributed by atoms with E-state index >= 15 is 0 Å². The van der Waals surface area contributed by atoms with E-state index in [1.54, 1.807) is 6.92 Å². The number of ketones is 1. The maximum Gasteiger partial charge on any atom is 0.271 e. The SMILES string of the molecule is CC(C)C[C@H](NC(=O)CNC(=O)CNC(=O)c1cnccn1)C(=O)[C@@]1(C)CO1. The van der Waals surface area contributed by atoms with Crippen LogP contribution in [0.15, 0.2) is 18.6 Å². The first-order chi connectivity index (χ1) is 13.2. The molecular weight excluding hydrogens is 366 g/mol. The highest BCUT2D eigenvalue weighted by Crippen LogP contribution is 2.29. The van der Waals surface area contributed by atoms with Gasteiger partial charge in [0.15, 0.2) is 5.78 Å². The van der Waals surface area contributed by atoms with Gasteiger partial charge < -0.3 is 20.7 Å². The minimum Gasteiger partial charge on any atom is -0.361 e. The molecule has 1 aliphatic heterocycles. The van der Waals surface area contributed by atoms with Crippen molar-refractivity contribution in [1.82, 2.24) is 25.9 Å². The van der Waals surface area contributed by atoms with E-state index in [0.717, 1.165) is 0 Å². The first-order valence-corrected chi connectivity index (χ1v) is 9.00. The molecule has 10 heteroatoms. The molecule has 3 N–H and O–H groups in total. The fraction of sp³-hybridized carbons (Fsp3) is 0.556. The van der Waals surface area contributed by atoms with Crippen LogP contribution >= 0.6 is 0 Å². The maximum atomic E-state index is 12.5. The minimum atomic E-state index is -0.833. The lowest BCUT2D eigenvalue weighted by atomic mass is 9.93. The van der Waals surface area contributed by atoms with Crippen molar-refractivity contribution in [2.45, 2.75) is 38.8 Å². The zero-order valence-corrected chi connectivity index (χ0v) is 16.2. The molecule has 1 aliphatic rings. The Morgan fingerprint density at radius 1 is 1.14 bits per heavy atom. The molecule has 1 fully saturated rings. The van der Waals surface area contributed by atoms with Crippen LogP contribution in [0.4, 0.5) is 0 Å². The Balaban J connectivity index is 1.76. The number of epoxide rings is 1. The molecule has 1 saturated heterocycles. The number of carbonyl (C=O) groups is 4. The molecule has 1 aromatic rings. The van der Waals surface area contributed by atoms with Crippen LogP contribution in [-0.4, -0.2) is 64.8 Å². The monoisotopic (exact) mass is 391 g/mol. The number of nitrogens with one attached hydrogen (secondary N) is 3. The normalized spacial score (nSPS) is 18.9. The predicted molar refractivity (Wildman–Crippen MR) is 98.1 cm³/mol. The zero-order chi connectivity index (χ0) is 20.7. The third-order valence-corrected chi connectivity index (χ3v) is 4.11. The van der Waals surface area contributed by atoms with E-state index in [-0.39, 0.29) is 30.5 Å². The fourth-order valence-corrected chi connectivity index (χ4v) is 2.48. The van der Waals surface area contributed by atoms with Gasteiger partial charge in [0, 0.05) is 12.4 Å². The largest absolute Gasteiger partial charge is 0.361 e. The molecule has 0 spiro atoms. The second-order valence-electron chi connectivity index (χ2n) is 7.18. The van der Waals surface area contributed by atoms with Crippen molar-refractivity contribution < 1.29 is 23.9 Å². The number of hydrogen-bond donors (Lipinski definition) is 3. The van der Waals surface area contributed by atoms with Crippen molar-refractivity contribution in [3.05, 3.63) is 24.3 Å². The molecule has 28 heavy (non-hydrogen) atoms. The smallest absolute Gasteiger partial charge is 0.271 e. The number of nitrogens with zero attached hydrogens (tertiary/aromatic N) is 2. The Hall–Kier alpha value is -2.88. The number of amides is 3. The Morgan fingerprint density at radius 2 is 1.82 bits per heavy atom. The van der Waals surface area contributed by atoms with Crippen LogP contribution in [0, 0.1) is 5.92 Å². The highest BCUT2D eigenvalue weighted by atomic mass is 16.6. The van der Waals surface area contributed by atoms with Crippen LogP contribution < -0.4 is 16.0 Å². The van der Waals surface area contributed by atoms with Gasteiger partial charge in [-0.3, -0.25) is 24.2 Å². The highest BCUT2D eigenvalue weighted by molar-refractivity contribution is 5.97. The van der Waals surface area contributed by atoms with Gasteiger partial charge in [-0.05, 0) is 19.3 Å². The second kappa shape index (κ2) is 9.36. The summed E-state index contributed by atoms with van der Waals surface area (Å²) in [7, 11) is 0. The summed E-state index contributed by atoms with van der Waals surface area (Å²) >= 11 is 0. The van der Waals surface area contributed by atoms with Gasteiger partial charge in [-0.25, -0.2) is 4.98 Å². The van der Waals surface area contributed by atoms with Gasteiger partial charge in [0.2, 0.25) is 11.8 Å². The van der Waals surface area contributed by atoms with E-state index in [0.29, 0.717) is 13.0 Å². The van der Waals surface area contributed by atoms with Gasteiger partial charge in [-0.15, -0.1) is 0 Å². The number of carbonyl (C=O) groups excluding carboxylic acids is 4. The molecule has 152 valence electrons. The number of ether oxygens (including phenoxy) is 1. The van der Waals surface area contributed by atoms with Crippen molar-refractivity contribution in [2.24, 2.45) is 5.92 Å². The molecule has 0 saturated carbocycles. The molecule has 2 heterocycles. The first kappa shape index (κ1) is 21.4. The van der Waals surface area contributed by atoms with Gasteiger partial charge in [0.25, 0.3) is 5.91 Å². The molecule has 0 aliphatic carbocycles. The van der Waals surface area contributed by atoms with Crippen LogP contribution in [0.25, 0.3) is 0 Å². The molecule has 1 aromatic heterocycles. The summed E-state index contributed by atoms with van der Waals surface area (Å²) in [6.45, 7) is 5.31. The summed E-state index contributed by atoms with van der Waals surface area (Å²) < 4.78 is 5.17. The lowest BCUT2D eigenvalue weighted by molar-refractivity contribution is -0.131. The van der Waals surface area contributed by atoms with Crippen molar-refractivity contribution in [3.63, 3.8) is 0 Å². The Kier molecular flexibility index (Phi) is 7.16. The van der Waals surface area contributed by atoms with E-state index in [2.05, 4.69) is 25.9 Å². The minimum absolute atomic E-state index is 0.0823. The van der Waals surface area contributed by atoms with Gasteiger partial charge in [0.05, 0.1) is 31.9 Å². The van der Waals surface area contributed by atoms with Crippen LogP contribution in [0.1, 0.15) is 37.7 Å². The molecular formula is C18H25N5O5. The number of hydrogen-bond acceptors (Lipinski definition) is 7. The fourth-order valence-electron chi connectivity index (χ4n) is 2.48. The number of aromatic nitrogens is 2. The van der Waals surface area contributed by atoms with Crippen molar-refractivity contribution >= 4 is 23.5 Å². The molecule has 0 bridgehead atoms. The van der Waals surface area contributed by atoms with Gasteiger partial charge in [-0.2, -0.15) is 0 Å².